The highest BCUT2D eigenvalue weighted by Gasteiger charge is 2.33. The molecule has 9 heteroatoms. The lowest BCUT2D eigenvalue weighted by molar-refractivity contribution is -0.121. The number of para-hydroxylation sites is 1. The Morgan fingerprint density at radius 1 is 1.30 bits per heavy atom. The lowest BCUT2D eigenvalue weighted by atomic mass is 9.97. The topological polar surface area (TPSA) is 107 Å². The molecule has 3 aromatic rings. The van der Waals surface area contributed by atoms with Gasteiger partial charge < -0.3 is 20.5 Å². The first-order chi connectivity index (χ1) is 14.4. The Kier molecular flexibility index (Phi) is 5.41. The van der Waals surface area contributed by atoms with Gasteiger partial charge in [0.15, 0.2) is 0 Å². The summed E-state index contributed by atoms with van der Waals surface area (Å²) in [7, 11) is 0. The molecule has 1 aliphatic heterocycles. The van der Waals surface area contributed by atoms with E-state index in [1.807, 2.05) is 24.3 Å². The highest BCUT2D eigenvalue weighted by molar-refractivity contribution is 6.30. The summed E-state index contributed by atoms with van der Waals surface area (Å²) in [5, 5.41) is 6.63. The van der Waals surface area contributed by atoms with Crippen LogP contribution in [0.4, 0.5) is 5.69 Å². The number of nitrogens with one attached hydrogen (secondary N) is 3. The average molecular weight is 426 g/mol. The molecule has 1 aliphatic rings. The number of rotatable bonds is 5. The van der Waals surface area contributed by atoms with Crippen molar-refractivity contribution in [1.82, 2.24) is 20.6 Å². The van der Waals surface area contributed by atoms with E-state index in [1.54, 1.807) is 23.2 Å². The summed E-state index contributed by atoms with van der Waals surface area (Å²) in [5.41, 5.74) is 2.76. The van der Waals surface area contributed by atoms with Crippen LogP contribution >= 0.6 is 11.6 Å². The molecule has 2 aromatic heterocycles. The Labute approximate surface area is 177 Å². The first-order valence-corrected chi connectivity index (χ1v) is 9.89. The molecular formula is C21H20ClN5O3. The summed E-state index contributed by atoms with van der Waals surface area (Å²) < 4.78 is 0. The maximum Gasteiger partial charge on any atom is 0.268 e. The number of anilines is 1. The lowest BCUT2D eigenvalue weighted by Crippen LogP contribution is -2.54. The zero-order valence-electron chi connectivity index (χ0n) is 16.2. The molecule has 1 atom stereocenters. The molecule has 1 unspecified atom stereocenters. The summed E-state index contributed by atoms with van der Waals surface area (Å²) in [6, 6.07) is 10.2. The molecule has 30 heavy (non-hydrogen) atoms. The van der Waals surface area contributed by atoms with E-state index >= 15 is 0 Å². The van der Waals surface area contributed by atoms with Gasteiger partial charge in [0.05, 0.1) is 11.7 Å². The van der Waals surface area contributed by atoms with Gasteiger partial charge in [0.1, 0.15) is 16.9 Å². The van der Waals surface area contributed by atoms with E-state index in [4.69, 9.17) is 11.6 Å². The van der Waals surface area contributed by atoms with E-state index in [0.717, 1.165) is 16.6 Å². The second-order valence-corrected chi connectivity index (χ2v) is 7.50. The van der Waals surface area contributed by atoms with Gasteiger partial charge in [-0.15, -0.1) is 0 Å². The van der Waals surface area contributed by atoms with Crippen molar-refractivity contribution in [3.63, 3.8) is 0 Å². The standard InChI is InChI=1S/C21H20ClN5O3/c1-12(28)23-6-7-27-18-5-3-2-4-13(18)8-16(21(27)30)26-20(29)15-9-14-10-19(22)24-11-17(14)25-15/h2-5,9-11,16,25H,6-8H2,1H3,(H,23,28)(H,26,29). The van der Waals surface area contributed by atoms with Crippen molar-refractivity contribution in [3.8, 4) is 0 Å². The summed E-state index contributed by atoms with van der Waals surface area (Å²) >= 11 is 5.91. The predicted octanol–water partition coefficient (Wildman–Crippen LogP) is 2.04. The van der Waals surface area contributed by atoms with Crippen molar-refractivity contribution < 1.29 is 14.4 Å². The highest BCUT2D eigenvalue weighted by atomic mass is 35.5. The van der Waals surface area contributed by atoms with E-state index < -0.39 is 6.04 Å². The van der Waals surface area contributed by atoms with Crippen LogP contribution in [0.1, 0.15) is 23.0 Å². The van der Waals surface area contributed by atoms with Crippen molar-refractivity contribution >= 4 is 45.9 Å². The fourth-order valence-electron chi connectivity index (χ4n) is 3.61. The minimum absolute atomic E-state index is 0.161. The van der Waals surface area contributed by atoms with Gasteiger partial charge in [-0.3, -0.25) is 14.4 Å². The van der Waals surface area contributed by atoms with Crippen LogP contribution in [0.2, 0.25) is 5.15 Å². The number of carbonyl (C=O) groups excluding carboxylic acids is 3. The minimum atomic E-state index is -0.710. The molecular weight excluding hydrogens is 406 g/mol. The zero-order valence-corrected chi connectivity index (χ0v) is 17.0. The number of fused-ring (bicyclic) bond motifs is 2. The van der Waals surface area contributed by atoms with Gasteiger partial charge in [-0.05, 0) is 23.8 Å². The molecule has 0 radical (unpaired) electrons. The number of halogens is 1. The number of aromatic amines is 1. The molecule has 0 bridgehead atoms. The van der Waals surface area contributed by atoms with Gasteiger partial charge in [-0.1, -0.05) is 29.8 Å². The first kappa shape index (κ1) is 19.9. The van der Waals surface area contributed by atoms with Crippen LogP contribution in [-0.4, -0.2) is 46.8 Å². The van der Waals surface area contributed by atoms with E-state index in [2.05, 4.69) is 20.6 Å². The van der Waals surface area contributed by atoms with Crippen LogP contribution in [0, 0.1) is 0 Å². The average Bonchev–Trinajstić information content (AvgIpc) is 3.13. The van der Waals surface area contributed by atoms with Gasteiger partial charge in [0.2, 0.25) is 11.8 Å². The third kappa shape index (κ3) is 3.99. The SMILES string of the molecule is CC(=O)NCCN1C(=O)C(NC(=O)c2cc3cc(Cl)ncc3[nH]2)Cc2ccccc21. The van der Waals surface area contributed by atoms with Crippen LogP contribution in [0.5, 0.6) is 0 Å². The normalized spacial score (nSPS) is 15.7. The van der Waals surface area contributed by atoms with Crippen LogP contribution < -0.4 is 15.5 Å². The van der Waals surface area contributed by atoms with E-state index in [1.165, 1.54) is 6.92 Å². The third-order valence-electron chi connectivity index (χ3n) is 5.00. The summed E-state index contributed by atoms with van der Waals surface area (Å²) in [6.45, 7) is 2.07. The summed E-state index contributed by atoms with van der Waals surface area (Å²) in [4.78, 5) is 45.7. The summed E-state index contributed by atoms with van der Waals surface area (Å²) in [6.07, 6.45) is 1.95. The Hall–Kier alpha value is -3.39. The Morgan fingerprint density at radius 2 is 2.10 bits per heavy atom. The van der Waals surface area contributed by atoms with Gasteiger partial charge in [-0.25, -0.2) is 4.98 Å². The molecule has 0 saturated carbocycles. The fourth-order valence-corrected chi connectivity index (χ4v) is 3.78. The first-order valence-electron chi connectivity index (χ1n) is 9.51. The fraction of sp³-hybridized carbons (Fsp3) is 0.238. The van der Waals surface area contributed by atoms with Crippen LogP contribution in [-0.2, 0) is 16.0 Å². The molecule has 0 spiro atoms. The van der Waals surface area contributed by atoms with E-state index in [-0.39, 0.29) is 17.7 Å². The molecule has 8 nitrogen and oxygen atoms in total. The number of hydrogen-bond acceptors (Lipinski definition) is 4. The van der Waals surface area contributed by atoms with Gasteiger partial charge in [-0.2, -0.15) is 0 Å². The molecule has 0 fully saturated rings. The van der Waals surface area contributed by atoms with Crippen molar-refractivity contribution in [2.75, 3.05) is 18.0 Å². The molecule has 3 N–H and O–H groups in total. The molecule has 154 valence electrons. The van der Waals surface area contributed by atoms with Gasteiger partial charge in [0.25, 0.3) is 5.91 Å². The lowest BCUT2D eigenvalue weighted by Gasteiger charge is -2.34. The number of amides is 3. The van der Waals surface area contributed by atoms with Gasteiger partial charge in [0, 0.05) is 37.5 Å². The second-order valence-electron chi connectivity index (χ2n) is 7.11. The van der Waals surface area contributed by atoms with Crippen molar-refractivity contribution in [2.45, 2.75) is 19.4 Å². The largest absolute Gasteiger partial charge is 0.355 e. The quantitative estimate of drug-likeness (QED) is 0.544. The van der Waals surface area contributed by atoms with E-state index in [0.29, 0.717) is 35.9 Å². The number of hydrogen-bond donors (Lipinski definition) is 3. The van der Waals surface area contributed by atoms with Gasteiger partial charge >= 0.3 is 0 Å². The number of nitrogens with zero attached hydrogens (tertiary/aromatic N) is 2. The maximum atomic E-state index is 13.1. The Balaban J connectivity index is 1.55. The maximum absolute atomic E-state index is 13.1. The number of H-pyrrole nitrogens is 1. The number of pyridine rings is 1. The smallest absolute Gasteiger partial charge is 0.268 e. The number of aromatic nitrogens is 2. The van der Waals surface area contributed by atoms with Crippen LogP contribution in [0.3, 0.4) is 0 Å². The Bertz CT molecular complexity index is 1140. The van der Waals surface area contributed by atoms with Crippen molar-refractivity contribution in [3.05, 3.63) is 59.0 Å². The zero-order chi connectivity index (χ0) is 21.3. The number of benzene rings is 1. The molecule has 3 heterocycles. The predicted molar refractivity (Wildman–Crippen MR) is 114 cm³/mol. The summed E-state index contributed by atoms with van der Waals surface area (Å²) in [5.74, 6) is -0.763. The molecule has 0 saturated heterocycles. The van der Waals surface area contributed by atoms with E-state index in [9.17, 15) is 14.4 Å². The molecule has 3 amide bonds. The highest BCUT2D eigenvalue weighted by Crippen LogP contribution is 2.27. The van der Waals surface area contributed by atoms with Crippen molar-refractivity contribution in [1.29, 1.82) is 0 Å². The second kappa shape index (κ2) is 8.16. The van der Waals surface area contributed by atoms with Crippen LogP contribution in [0.25, 0.3) is 10.9 Å². The third-order valence-corrected chi connectivity index (χ3v) is 5.21. The molecule has 1 aromatic carbocycles. The number of carbonyl (C=O) groups is 3. The molecule has 0 aliphatic carbocycles. The Morgan fingerprint density at radius 3 is 2.90 bits per heavy atom. The minimum Gasteiger partial charge on any atom is -0.355 e. The van der Waals surface area contributed by atoms with Crippen molar-refractivity contribution in [2.24, 2.45) is 0 Å². The van der Waals surface area contributed by atoms with Crippen LogP contribution in [0.15, 0.2) is 42.6 Å². The molecule has 4 rings (SSSR count). The monoisotopic (exact) mass is 425 g/mol.